The lowest BCUT2D eigenvalue weighted by Gasteiger charge is -2.27. The number of rotatable bonds is 3. The molecule has 0 aliphatic heterocycles. The van der Waals surface area contributed by atoms with Crippen LogP contribution in [-0.4, -0.2) is 39.5 Å². The van der Waals surface area contributed by atoms with E-state index in [0.29, 0.717) is 23.0 Å². The van der Waals surface area contributed by atoms with E-state index >= 15 is 0 Å². The Labute approximate surface area is 177 Å². The van der Waals surface area contributed by atoms with Crippen LogP contribution >= 0.6 is 11.3 Å². The Kier molecular flexibility index (Phi) is 4.40. The van der Waals surface area contributed by atoms with E-state index in [1.807, 2.05) is 67.0 Å². The quantitative estimate of drug-likeness (QED) is 0.517. The zero-order chi connectivity index (χ0) is 20.8. The molecule has 0 amide bonds. The fourth-order valence-corrected chi connectivity index (χ4v) is 4.94. The van der Waals surface area contributed by atoms with E-state index < -0.39 is 0 Å². The molecule has 5 rings (SSSR count). The molecule has 0 spiro atoms. The first kappa shape index (κ1) is 18.6. The van der Waals surface area contributed by atoms with Crippen LogP contribution in [0.15, 0.2) is 70.6 Å². The van der Waals surface area contributed by atoms with Crippen molar-refractivity contribution in [2.24, 2.45) is 0 Å². The summed E-state index contributed by atoms with van der Waals surface area (Å²) >= 11 is 1.63. The van der Waals surface area contributed by atoms with Crippen molar-refractivity contribution in [2.75, 3.05) is 14.1 Å². The van der Waals surface area contributed by atoms with Crippen LogP contribution in [0, 0.1) is 0 Å². The largest absolute Gasteiger partial charge is 0.383 e. The molecule has 0 bridgehead atoms. The number of pyridine rings is 1. The third kappa shape index (κ3) is 2.90. The molecule has 6 nitrogen and oxygen atoms in total. The number of benzene rings is 1. The van der Waals surface area contributed by atoms with Crippen LogP contribution in [0.5, 0.6) is 0 Å². The van der Waals surface area contributed by atoms with Gasteiger partial charge in [-0.1, -0.05) is 24.3 Å². The normalized spacial score (nSPS) is 17.5. The predicted molar refractivity (Wildman–Crippen MR) is 119 cm³/mol. The number of carbonyl (C=O) groups is 1. The molecule has 1 aliphatic rings. The van der Waals surface area contributed by atoms with Crippen LogP contribution in [0.3, 0.4) is 0 Å². The number of ketones is 1. The van der Waals surface area contributed by atoms with E-state index in [1.54, 1.807) is 17.5 Å². The van der Waals surface area contributed by atoms with Gasteiger partial charge in [-0.05, 0) is 35.6 Å². The van der Waals surface area contributed by atoms with Gasteiger partial charge in [0, 0.05) is 48.4 Å². The van der Waals surface area contributed by atoms with Crippen molar-refractivity contribution in [3.63, 3.8) is 0 Å². The number of thiophene rings is 1. The summed E-state index contributed by atoms with van der Waals surface area (Å²) in [6.45, 7) is 0. The molecular formula is C23H20N4O2S. The number of aromatic nitrogens is 3. The average molecular weight is 417 g/mol. The lowest BCUT2D eigenvalue weighted by molar-refractivity contribution is 0.102. The zero-order valence-corrected chi connectivity index (χ0v) is 17.4. The summed E-state index contributed by atoms with van der Waals surface area (Å²) in [4.78, 5) is 34.2. The molecule has 150 valence electrons. The molecule has 1 unspecified atom stereocenters. The number of aromatic amines is 1. The topological polar surface area (TPSA) is 71.0 Å². The highest BCUT2D eigenvalue weighted by atomic mass is 32.1. The van der Waals surface area contributed by atoms with Gasteiger partial charge >= 0.3 is 0 Å². The first-order valence-electron chi connectivity index (χ1n) is 9.69. The summed E-state index contributed by atoms with van der Waals surface area (Å²) in [5.74, 6) is -0.151. The standard InChI is InChI=1S/C23H20N4O2S/c1-26(2)13-18-15(19-9-6-10-30-19)11-16-17(21(18)28)12-24-22-20(16)23(29)27(25-22)14-7-4-3-5-8-14/h3-10,12-13,15H,11H2,1-2H3,(H,24,25)/b18-13-. The molecule has 1 N–H and O–H groups in total. The molecule has 1 aromatic carbocycles. The Bertz CT molecular complexity index is 1330. The summed E-state index contributed by atoms with van der Waals surface area (Å²) in [5, 5.41) is 5.61. The fraction of sp³-hybridized carbons (Fsp3) is 0.174. The van der Waals surface area contributed by atoms with Gasteiger partial charge < -0.3 is 4.90 Å². The maximum Gasteiger partial charge on any atom is 0.281 e. The maximum atomic E-state index is 13.4. The van der Waals surface area contributed by atoms with Crippen LogP contribution in [0.1, 0.15) is 26.7 Å². The highest BCUT2D eigenvalue weighted by Crippen LogP contribution is 2.40. The van der Waals surface area contributed by atoms with Crippen molar-refractivity contribution in [2.45, 2.75) is 12.3 Å². The molecule has 3 heterocycles. The van der Waals surface area contributed by atoms with Crippen molar-refractivity contribution in [3.8, 4) is 5.69 Å². The van der Waals surface area contributed by atoms with Crippen LogP contribution in [0.2, 0.25) is 0 Å². The molecule has 1 atom stereocenters. The second-order valence-corrected chi connectivity index (χ2v) is 8.59. The third-order valence-electron chi connectivity index (χ3n) is 5.41. The number of allylic oxidation sites excluding steroid dienone is 1. The number of hydrogen-bond donors (Lipinski definition) is 1. The number of hydrogen-bond acceptors (Lipinski definition) is 5. The summed E-state index contributed by atoms with van der Waals surface area (Å²) in [5.41, 5.74) is 3.07. The Morgan fingerprint density at radius 1 is 1.17 bits per heavy atom. The summed E-state index contributed by atoms with van der Waals surface area (Å²) in [6.07, 6.45) is 4.07. The van der Waals surface area contributed by atoms with Crippen molar-refractivity contribution in [3.05, 3.63) is 92.2 Å². The lowest BCUT2D eigenvalue weighted by Crippen LogP contribution is -2.25. The van der Waals surface area contributed by atoms with Gasteiger partial charge in [0.2, 0.25) is 0 Å². The minimum atomic E-state index is -0.182. The van der Waals surface area contributed by atoms with E-state index in [-0.39, 0.29) is 17.3 Å². The highest BCUT2D eigenvalue weighted by Gasteiger charge is 2.35. The Morgan fingerprint density at radius 3 is 2.67 bits per heavy atom. The van der Waals surface area contributed by atoms with E-state index in [4.69, 9.17) is 0 Å². The Balaban J connectivity index is 1.74. The first-order chi connectivity index (χ1) is 14.5. The van der Waals surface area contributed by atoms with Crippen molar-refractivity contribution < 1.29 is 4.79 Å². The predicted octanol–water partition coefficient (Wildman–Crippen LogP) is 3.74. The van der Waals surface area contributed by atoms with E-state index in [2.05, 4.69) is 16.1 Å². The second-order valence-electron chi connectivity index (χ2n) is 7.61. The molecule has 1 aliphatic carbocycles. The molecule has 30 heavy (non-hydrogen) atoms. The van der Waals surface area contributed by atoms with E-state index in [0.717, 1.165) is 21.7 Å². The molecule has 0 fully saturated rings. The number of H-pyrrole nitrogens is 1. The van der Waals surface area contributed by atoms with Crippen LogP contribution in [0.25, 0.3) is 16.7 Å². The van der Waals surface area contributed by atoms with Crippen molar-refractivity contribution in [1.82, 2.24) is 19.7 Å². The van der Waals surface area contributed by atoms with Crippen molar-refractivity contribution in [1.29, 1.82) is 0 Å². The number of para-hydroxylation sites is 1. The SMILES string of the molecule is CN(C)/C=C1\C(=O)c2cnc3[nH]n(-c4ccccc4)c(=O)c3c2CC1c1cccs1. The maximum absolute atomic E-state index is 13.4. The molecular weight excluding hydrogens is 396 g/mol. The number of nitrogens with zero attached hydrogens (tertiary/aromatic N) is 3. The second kappa shape index (κ2) is 7.11. The van der Waals surface area contributed by atoms with Gasteiger partial charge in [-0.15, -0.1) is 11.3 Å². The summed E-state index contributed by atoms with van der Waals surface area (Å²) < 4.78 is 1.49. The van der Waals surface area contributed by atoms with Crippen molar-refractivity contribution >= 4 is 28.2 Å². The number of fused-ring (bicyclic) bond motifs is 3. The van der Waals surface area contributed by atoms with Gasteiger partial charge in [0.1, 0.15) is 0 Å². The summed E-state index contributed by atoms with van der Waals surface area (Å²) in [7, 11) is 3.82. The van der Waals surface area contributed by atoms with Gasteiger partial charge in [-0.2, -0.15) is 0 Å². The van der Waals surface area contributed by atoms with Gasteiger partial charge in [0.25, 0.3) is 5.56 Å². The van der Waals surface area contributed by atoms with Crippen LogP contribution in [-0.2, 0) is 6.42 Å². The van der Waals surface area contributed by atoms with Gasteiger partial charge in [-0.25, -0.2) is 9.67 Å². The molecule has 4 aromatic rings. The molecule has 0 radical (unpaired) electrons. The molecule has 7 heteroatoms. The van der Waals surface area contributed by atoms with Gasteiger partial charge in [-0.3, -0.25) is 14.7 Å². The molecule has 3 aromatic heterocycles. The molecule has 0 saturated carbocycles. The fourth-order valence-electron chi connectivity index (χ4n) is 4.10. The Morgan fingerprint density at radius 2 is 1.97 bits per heavy atom. The first-order valence-corrected chi connectivity index (χ1v) is 10.6. The molecule has 0 saturated heterocycles. The van der Waals surface area contributed by atoms with E-state index in [9.17, 15) is 9.59 Å². The highest BCUT2D eigenvalue weighted by molar-refractivity contribution is 7.10. The lowest BCUT2D eigenvalue weighted by atomic mass is 9.78. The van der Waals surface area contributed by atoms with Crippen LogP contribution in [0.4, 0.5) is 0 Å². The Hall–Kier alpha value is -3.45. The number of carbonyl (C=O) groups excluding carboxylic acids is 1. The van der Waals surface area contributed by atoms with Crippen LogP contribution < -0.4 is 5.56 Å². The average Bonchev–Trinajstić information content (AvgIpc) is 3.39. The monoisotopic (exact) mass is 416 g/mol. The van der Waals surface area contributed by atoms with Gasteiger partial charge in [0.15, 0.2) is 11.4 Å². The minimum Gasteiger partial charge on any atom is -0.383 e. The van der Waals surface area contributed by atoms with E-state index in [1.165, 1.54) is 4.68 Å². The van der Waals surface area contributed by atoms with Gasteiger partial charge in [0.05, 0.1) is 11.1 Å². The smallest absolute Gasteiger partial charge is 0.281 e. The minimum absolute atomic E-state index is 0.0652. The zero-order valence-electron chi connectivity index (χ0n) is 16.6. The third-order valence-corrected chi connectivity index (χ3v) is 6.40. The number of Topliss-reactive ketones (excluding diaryl/α,β-unsaturated/α-hetero) is 1. The number of nitrogens with one attached hydrogen (secondary N) is 1. The summed E-state index contributed by atoms with van der Waals surface area (Å²) in [6, 6.07) is 13.4.